The summed E-state index contributed by atoms with van der Waals surface area (Å²) in [6.07, 6.45) is 1.33. The van der Waals surface area contributed by atoms with Crippen molar-refractivity contribution in [2.45, 2.75) is 13.0 Å². The van der Waals surface area contributed by atoms with Crippen LogP contribution in [0.25, 0.3) is 21.0 Å². The molecule has 28 heavy (non-hydrogen) atoms. The van der Waals surface area contributed by atoms with Gasteiger partial charge in [-0.05, 0) is 25.1 Å². The molecule has 1 amide bonds. The fourth-order valence-corrected chi connectivity index (χ4v) is 4.48. The van der Waals surface area contributed by atoms with Crippen LogP contribution in [0, 0.1) is 0 Å². The Morgan fingerprint density at radius 2 is 2.11 bits per heavy atom. The Balaban J connectivity index is 1.62. The lowest BCUT2D eigenvalue weighted by Gasteiger charge is -2.10. The molecule has 3 aromatic heterocycles. The molecule has 140 valence electrons. The normalized spacial score (nSPS) is 16.4. The molecular formula is C19H14ClN5O2S. The largest absolute Gasteiger partial charge is 0.421 e. The zero-order chi connectivity index (χ0) is 19.3. The summed E-state index contributed by atoms with van der Waals surface area (Å²) in [4.78, 5) is 25.7. The van der Waals surface area contributed by atoms with E-state index < -0.39 is 0 Å². The van der Waals surface area contributed by atoms with E-state index in [0.29, 0.717) is 28.3 Å². The van der Waals surface area contributed by atoms with Crippen LogP contribution in [0.5, 0.6) is 11.8 Å². The number of hydrogen-bond donors (Lipinski definition) is 2. The highest BCUT2D eigenvalue weighted by Crippen LogP contribution is 2.41. The standard InChI is InChI=1S/C19H14ClN5O2S/c1-9-7-21-17-16-10-2-5-14(27-15-6-13(20)22-8-23-15)25-11(10)3-4-12(16)28-18(17)19(26)24-9/h2-6,8-9,21H,7H2,1H3,(H,24,26)/t9-/m1/s1. The summed E-state index contributed by atoms with van der Waals surface area (Å²) in [6.45, 7) is 2.65. The average Bonchev–Trinajstić information content (AvgIpc) is 2.99. The van der Waals surface area contributed by atoms with Crippen molar-refractivity contribution >= 4 is 55.5 Å². The summed E-state index contributed by atoms with van der Waals surface area (Å²) in [5, 5.41) is 8.68. The molecule has 4 aromatic rings. The van der Waals surface area contributed by atoms with Crippen molar-refractivity contribution in [2.24, 2.45) is 0 Å². The van der Waals surface area contributed by atoms with Crippen molar-refractivity contribution in [3.8, 4) is 11.8 Å². The van der Waals surface area contributed by atoms with E-state index in [4.69, 9.17) is 16.3 Å². The Bertz CT molecular complexity index is 1240. The van der Waals surface area contributed by atoms with Crippen molar-refractivity contribution in [1.29, 1.82) is 0 Å². The highest BCUT2D eigenvalue weighted by Gasteiger charge is 2.24. The van der Waals surface area contributed by atoms with Gasteiger partial charge in [0, 0.05) is 40.2 Å². The molecule has 7 nitrogen and oxygen atoms in total. The predicted molar refractivity (Wildman–Crippen MR) is 110 cm³/mol. The number of thiophene rings is 1. The molecule has 0 radical (unpaired) electrons. The maximum atomic E-state index is 12.5. The van der Waals surface area contributed by atoms with E-state index in [-0.39, 0.29) is 11.9 Å². The number of nitrogens with zero attached hydrogens (tertiary/aromatic N) is 3. The number of anilines is 1. The minimum absolute atomic E-state index is 0.0459. The monoisotopic (exact) mass is 411 g/mol. The highest BCUT2D eigenvalue weighted by molar-refractivity contribution is 7.21. The first kappa shape index (κ1) is 17.2. The lowest BCUT2D eigenvalue weighted by molar-refractivity contribution is 0.0949. The van der Waals surface area contributed by atoms with Gasteiger partial charge in [-0.15, -0.1) is 11.3 Å². The van der Waals surface area contributed by atoms with E-state index in [1.165, 1.54) is 23.7 Å². The third-order valence-electron chi connectivity index (χ3n) is 4.48. The molecule has 1 aromatic carbocycles. The highest BCUT2D eigenvalue weighted by atomic mass is 35.5. The number of ether oxygens (including phenoxy) is 1. The lowest BCUT2D eigenvalue weighted by Crippen LogP contribution is -2.34. The van der Waals surface area contributed by atoms with E-state index in [0.717, 1.165) is 26.7 Å². The molecule has 0 saturated heterocycles. The number of aromatic nitrogens is 3. The maximum Gasteiger partial charge on any atom is 0.263 e. The summed E-state index contributed by atoms with van der Waals surface area (Å²) in [5.74, 6) is 0.683. The Morgan fingerprint density at radius 1 is 1.21 bits per heavy atom. The van der Waals surface area contributed by atoms with Crippen LogP contribution in [-0.4, -0.2) is 33.4 Å². The molecule has 0 saturated carbocycles. The minimum atomic E-state index is -0.0459. The lowest BCUT2D eigenvalue weighted by atomic mass is 10.1. The zero-order valence-electron chi connectivity index (χ0n) is 14.7. The summed E-state index contributed by atoms with van der Waals surface area (Å²) < 4.78 is 6.74. The van der Waals surface area contributed by atoms with Gasteiger partial charge in [0.05, 0.1) is 11.2 Å². The minimum Gasteiger partial charge on any atom is -0.421 e. The summed E-state index contributed by atoms with van der Waals surface area (Å²) in [5.41, 5.74) is 1.63. The molecule has 1 aliphatic rings. The Kier molecular flexibility index (Phi) is 4.03. The number of pyridine rings is 1. The van der Waals surface area contributed by atoms with Gasteiger partial charge in [-0.3, -0.25) is 4.79 Å². The number of rotatable bonds is 2. The number of hydrogen-bond acceptors (Lipinski definition) is 7. The van der Waals surface area contributed by atoms with Gasteiger partial charge in [-0.25, -0.2) is 15.0 Å². The van der Waals surface area contributed by atoms with Crippen LogP contribution in [0.1, 0.15) is 16.6 Å². The third-order valence-corrected chi connectivity index (χ3v) is 5.84. The second kappa shape index (κ2) is 6.57. The van der Waals surface area contributed by atoms with Crippen molar-refractivity contribution < 1.29 is 9.53 Å². The molecule has 9 heteroatoms. The predicted octanol–water partition coefficient (Wildman–Crippen LogP) is 4.23. The van der Waals surface area contributed by atoms with Crippen LogP contribution >= 0.6 is 22.9 Å². The number of halogens is 1. The molecule has 5 rings (SSSR count). The molecule has 2 N–H and O–H groups in total. The maximum absolute atomic E-state index is 12.5. The number of carbonyl (C=O) groups excluding carboxylic acids is 1. The second-order valence-corrected chi connectivity index (χ2v) is 7.94. The van der Waals surface area contributed by atoms with Crippen molar-refractivity contribution in [3.63, 3.8) is 0 Å². The number of fused-ring (bicyclic) bond motifs is 5. The number of carbonyl (C=O) groups is 1. The molecule has 0 bridgehead atoms. The van der Waals surface area contributed by atoms with Crippen LogP contribution in [0.15, 0.2) is 36.7 Å². The zero-order valence-corrected chi connectivity index (χ0v) is 16.3. The van der Waals surface area contributed by atoms with E-state index in [9.17, 15) is 4.79 Å². The van der Waals surface area contributed by atoms with E-state index in [2.05, 4.69) is 25.6 Å². The van der Waals surface area contributed by atoms with Gasteiger partial charge < -0.3 is 15.4 Å². The van der Waals surface area contributed by atoms with Crippen LogP contribution in [0.3, 0.4) is 0 Å². The van der Waals surface area contributed by atoms with Crippen molar-refractivity contribution in [1.82, 2.24) is 20.3 Å². The number of benzene rings is 1. The molecule has 1 aliphatic heterocycles. The van der Waals surface area contributed by atoms with E-state index in [1.807, 2.05) is 25.1 Å². The average molecular weight is 412 g/mol. The quantitative estimate of drug-likeness (QED) is 0.480. The first-order valence-corrected chi connectivity index (χ1v) is 9.84. The molecule has 0 unspecified atom stereocenters. The Labute approximate surface area is 168 Å². The van der Waals surface area contributed by atoms with Crippen molar-refractivity contribution in [3.05, 3.63) is 46.7 Å². The second-order valence-electron chi connectivity index (χ2n) is 6.50. The molecule has 1 atom stereocenters. The van der Waals surface area contributed by atoms with Crippen LogP contribution in [-0.2, 0) is 0 Å². The van der Waals surface area contributed by atoms with E-state index in [1.54, 1.807) is 6.07 Å². The van der Waals surface area contributed by atoms with Gasteiger partial charge in [0.2, 0.25) is 11.8 Å². The van der Waals surface area contributed by atoms with Gasteiger partial charge >= 0.3 is 0 Å². The summed E-state index contributed by atoms with van der Waals surface area (Å²) in [7, 11) is 0. The molecule has 0 fully saturated rings. The van der Waals surface area contributed by atoms with Gasteiger partial charge in [0.25, 0.3) is 5.91 Å². The third kappa shape index (κ3) is 2.90. The molecular weight excluding hydrogens is 398 g/mol. The fraction of sp³-hybridized carbons (Fsp3) is 0.158. The molecule has 0 aliphatic carbocycles. The Hall–Kier alpha value is -2.97. The summed E-state index contributed by atoms with van der Waals surface area (Å²) >= 11 is 7.35. The van der Waals surface area contributed by atoms with Gasteiger partial charge in [-0.1, -0.05) is 11.6 Å². The van der Waals surface area contributed by atoms with Gasteiger partial charge in [-0.2, -0.15) is 0 Å². The summed E-state index contributed by atoms with van der Waals surface area (Å²) in [6, 6.07) is 9.22. The number of amides is 1. The van der Waals surface area contributed by atoms with Crippen molar-refractivity contribution in [2.75, 3.05) is 11.9 Å². The van der Waals surface area contributed by atoms with Crippen LogP contribution in [0.4, 0.5) is 5.69 Å². The topological polar surface area (TPSA) is 89.0 Å². The SMILES string of the molecule is C[C@@H]1CNc2c(sc3ccc4nc(Oc5cc(Cl)ncn5)ccc4c23)C(=O)N1. The number of nitrogens with one attached hydrogen (secondary N) is 2. The fourth-order valence-electron chi connectivity index (χ4n) is 3.24. The van der Waals surface area contributed by atoms with Gasteiger partial charge in [0.1, 0.15) is 16.4 Å². The van der Waals surface area contributed by atoms with Crippen LogP contribution < -0.4 is 15.4 Å². The first-order chi connectivity index (χ1) is 13.6. The van der Waals surface area contributed by atoms with E-state index >= 15 is 0 Å². The van der Waals surface area contributed by atoms with Gasteiger partial charge in [0.15, 0.2) is 0 Å². The smallest absolute Gasteiger partial charge is 0.263 e. The Morgan fingerprint density at radius 3 is 2.96 bits per heavy atom. The first-order valence-electron chi connectivity index (χ1n) is 8.65. The molecule has 4 heterocycles. The van der Waals surface area contributed by atoms with Crippen LogP contribution in [0.2, 0.25) is 5.15 Å². The molecule has 0 spiro atoms.